The fourth-order valence-corrected chi connectivity index (χ4v) is 3.35. The molecule has 1 aromatic carbocycles. The summed E-state index contributed by atoms with van der Waals surface area (Å²) in [7, 11) is 0. The van der Waals surface area contributed by atoms with Crippen LogP contribution < -0.4 is 9.64 Å². The molecule has 138 valence electrons. The number of ether oxygens (including phenoxy) is 1. The molecule has 1 aliphatic heterocycles. The summed E-state index contributed by atoms with van der Waals surface area (Å²) in [6, 6.07) is 10.4. The van der Waals surface area contributed by atoms with Gasteiger partial charge >= 0.3 is 5.69 Å². The Balaban J connectivity index is 1.72. The molecule has 0 unspecified atom stereocenters. The summed E-state index contributed by atoms with van der Waals surface area (Å²) in [5, 5.41) is 11.6. The Labute approximate surface area is 153 Å². The van der Waals surface area contributed by atoms with Crippen molar-refractivity contribution in [2.45, 2.75) is 39.2 Å². The van der Waals surface area contributed by atoms with E-state index in [-0.39, 0.29) is 17.7 Å². The van der Waals surface area contributed by atoms with E-state index in [0.29, 0.717) is 11.7 Å². The van der Waals surface area contributed by atoms with Crippen LogP contribution in [0.15, 0.2) is 36.7 Å². The van der Waals surface area contributed by atoms with Crippen LogP contribution >= 0.6 is 0 Å². The normalized spacial score (nSPS) is 15.3. The number of hydrogen-bond acceptors (Lipinski definition) is 6. The second kappa shape index (κ2) is 8.12. The first-order chi connectivity index (χ1) is 12.5. The topological polar surface area (TPSA) is 81.4 Å². The van der Waals surface area contributed by atoms with Crippen molar-refractivity contribution in [1.29, 1.82) is 0 Å². The molecule has 1 aromatic heterocycles. The first-order valence-corrected chi connectivity index (χ1v) is 8.99. The maximum Gasteiger partial charge on any atom is 0.372 e. The summed E-state index contributed by atoms with van der Waals surface area (Å²) in [6.07, 6.45) is 4.17. The Hall–Kier alpha value is -2.70. The lowest BCUT2D eigenvalue weighted by Crippen LogP contribution is -2.35. The van der Waals surface area contributed by atoms with E-state index in [2.05, 4.69) is 34.2 Å². The third-order valence-corrected chi connectivity index (χ3v) is 4.58. The largest absolute Gasteiger partial charge is 0.470 e. The summed E-state index contributed by atoms with van der Waals surface area (Å²) in [5.74, 6) is 0.987. The Kier molecular flexibility index (Phi) is 5.65. The van der Waals surface area contributed by atoms with Crippen molar-refractivity contribution in [3.63, 3.8) is 0 Å². The molecule has 0 aliphatic carbocycles. The van der Waals surface area contributed by atoms with E-state index in [0.717, 1.165) is 32.4 Å². The Morgan fingerprint density at radius 3 is 2.54 bits per heavy atom. The minimum absolute atomic E-state index is 0.0430. The van der Waals surface area contributed by atoms with Gasteiger partial charge in [-0.25, -0.2) is 4.98 Å². The van der Waals surface area contributed by atoms with E-state index >= 15 is 0 Å². The number of piperidine rings is 1. The van der Waals surface area contributed by atoms with Gasteiger partial charge < -0.3 is 9.64 Å². The quantitative estimate of drug-likeness (QED) is 0.581. The second-order valence-corrected chi connectivity index (χ2v) is 6.89. The maximum atomic E-state index is 11.6. The maximum absolute atomic E-state index is 11.6. The van der Waals surface area contributed by atoms with Crippen molar-refractivity contribution in [2.24, 2.45) is 5.92 Å². The Bertz CT molecular complexity index is 744. The summed E-state index contributed by atoms with van der Waals surface area (Å²) in [5.41, 5.74) is 1.20. The third-order valence-electron chi connectivity index (χ3n) is 4.58. The van der Waals surface area contributed by atoms with Gasteiger partial charge in [-0.2, -0.15) is 4.98 Å². The van der Waals surface area contributed by atoms with Crippen LogP contribution in [0.3, 0.4) is 0 Å². The summed E-state index contributed by atoms with van der Waals surface area (Å²) in [4.78, 5) is 21.3. The number of aromatic nitrogens is 2. The third kappa shape index (κ3) is 4.28. The standard InChI is InChI=1S/C19H24N4O3/c1-14(2)26-19-17(23(24)25)18(20-13-21-19)22-10-8-16(9-11-22)12-15-6-4-3-5-7-15/h3-7,13-14,16H,8-12H2,1-2H3. The molecule has 0 spiro atoms. The van der Waals surface area contributed by atoms with Crippen molar-refractivity contribution in [3.8, 4) is 5.88 Å². The summed E-state index contributed by atoms with van der Waals surface area (Å²) >= 11 is 0. The first kappa shape index (κ1) is 18.1. The lowest BCUT2D eigenvalue weighted by atomic mass is 9.90. The molecular weight excluding hydrogens is 332 g/mol. The number of nitro groups is 1. The van der Waals surface area contributed by atoms with Gasteiger partial charge in [-0.15, -0.1) is 0 Å². The van der Waals surface area contributed by atoms with E-state index in [1.807, 2.05) is 24.8 Å². The molecular formula is C19H24N4O3. The lowest BCUT2D eigenvalue weighted by Gasteiger charge is -2.32. The zero-order chi connectivity index (χ0) is 18.5. The number of rotatable bonds is 6. The van der Waals surface area contributed by atoms with E-state index in [9.17, 15) is 10.1 Å². The van der Waals surface area contributed by atoms with Crippen molar-refractivity contribution in [2.75, 3.05) is 18.0 Å². The molecule has 2 heterocycles. The highest BCUT2D eigenvalue weighted by Gasteiger charge is 2.31. The highest BCUT2D eigenvalue weighted by Crippen LogP contribution is 2.36. The smallest absolute Gasteiger partial charge is 0.372 e. The van der Waals surface area contributed by atoms with Crippen LogP contribution in [-0.2, 0) is 6.42 Å². The monoisotopic (exact) mass is 356 g/mol. The molecule has 0 radical (unpaired) electrons. The van der Waals surface area contributed by atoms with Crippen molar-refractivity contribution >= 4 is 11.5 Å². The molecule has 26 heavy (non-hydrogen) atoms. The van der Waals surface area contributed by atoms with Gasteiger partial charge in [-0.05, 0) is 44.6 Å². The number of benzene rings is 1. The second-order valence-electron chi connectivity index (χ2n) is 6.89. The highest BCUT2D eigenvalue weighted by molar-refractivity contribution is 5.62. The summed E-state index contributed by atoms with van der Waals surface area (Å²) in [6.45, 7) is 5.13. The number of anilines is 1. The minimum atomic E-state index is -0.441. The molecule has 1 saturated heterocycles. The van der Waals surface area contributed by atoms with Crippen LogP contribution in [0, 0.1) is 16.0 Å². The van der Waals surface area contributed by atoms with Gasteiger partial charge in [0.15, 0.2) is 0 Å². The fourth-order valence-electron chi connectivity index (χ4n) is 3.35. The van der Waals surface area contributed by atoms with E-state index in [4.69, 9.17) is 4.74 Å². The van der Waals surface area contributed by atoms with Crippen LogP contribution in [0.25, 0.3) is 0 Å². The van der Waals surface area contributed by atoms with Gasteiger partial charge in [0.05, 0.1) is 11.0 Å². The van der Waals surface area contributed by atoms with E-state index < -0.39 is 4.92 Å². The molecule has 3 rings (SSSR count). The van der Waals surface area contributed by atoms with E-state index in [1.54, 1.807) is 0 Å². The summed E-state index contributed by atoms with van der Waals surface area (Å²) < 4.78 is 5.52. The number of nitrogens with zero attached hydrogens (tertiary/aromatic N) is 4. The van der Waals surface area contributed by atoms with Crippen LogP contribution in [0.4, 0.5) is 11.5 Å². The molecule has 7 nitrogen and oxygen atoms in total. The zero-order valence-electron chi connectivity index (χ0n) is 15.2. The molecule has 0 atom stereocenters. The van der Waals surface area contributed by atoms with Gasteiger partial charge in [0.1, 0.15) is 6.33 Å². The van der Waals surface area contributed by atoms with Crippen LogP contribution in [-0.4, -0.2) is 34.1 Å². The van der Waals surface area contributed by atoms with Crippen LogP contribution in [0.5, 0.6) is 5.88 Å². The average Bonchev–Trinajstić information content (AvgIpc) is 2.62. The van der Waals surface area contributed by atoms with Gasteiger partial charge in [0.25, 0.3) is 5.88 Å². The fraction of sp³-hybridized carbons (Fsp3) is 0.474. The predicted octanol–water partition coefficient (Wildman–Crippen LogP) is 3.63. The predicted molar refractivity (Wildman–Crippen MR) is 99.5 cm³/mol. The Morgan fingerprint density at radius 2 is 1.92 bits per heavy atom. The minimum Gasteiger partial charge on any atom is -0.470 e. The molecule has 0 N–H and O–H groups in total. The SMILES string of the molecule is CC(C)Oc1ncnc(N2CCC(Cc3ccccc3)CC2)c1[N+](=O)[O-]. The average molecular weight is 356 g/mol. The van der Waals surface area contributed by atoms with Crippen molar-refractivity contribution in [1.82, 2.24) is 9.97 Å². The number of hydrogen-bond donors (Lipinski definition) is 0. The molecule has 1 fully saturated rings. The lowest BCUT2D eigenvalue weighted by molar-refractivity contribution is -0.385. The first-order valence-electron chi connectivity index (χ1n) is 8.99. The van der Waals surface area contributed by atoms with Crippen molar-refractivity contribution in [3.05, 3.63) is 52.3 Å². The molecule has 0 amide bonds. The highest BCUT2D eigenvalue weighted by atomic mass is 16.6. The molecule has 0 bridgehead atoms. The molecule has 2 aromatic rings. The molecule has 1 aliphatic rings. The zero-order valence-corrected chi connectivity index (χ0v) is 15.2. The van der Waals surface area contributed by atoms with Gasteiger partial charge in [0.2, 0.25) is 5.82 Å². The van der Waals surface area contributed by atoms with Gasteiger partial charge in [-0.1, -0.05) is 30.3 Å². The van der Waals surface area contributed by atoms with Crippen LogP contribution in [0.1, 0.15) is 32.3 Å². The van der Waals surface area contributed by atoms with Crippen LogP contribution in [0.2, 0.25) is 0 Å². The van der Waals surface area contributed by atoms with Gasteiger partial charge in [-0.3, -0.25) is 10.1 Å². The van der Waals surface area contributed by atoms with Gasteiger partial charge in [0, 0.05) is 13.1 Å². The van der Waals surface area contributed by atoms with Crippen molar-refractivity contribution < 1.29 is 9.66 Å². The Morgan fingerprint density at radius 1 is 1.23 bits per heavy atom. The van der Waals surface area contributed by atoms with E-state index in [1.165, 1.54) is 11.9 Å². The molecule has 7 heteroatoms. The molecule has 0 saturated carbocycles.